The minimum Gasteiger partial charge on any atom is -0.441 e. The first-order valence-electron chi connectivity index (χ1n) is 15.5. The van der Waals surface area contributed by atoms with E-state index in [1.54, 1.807) is 0 Å². The number of aryl methyl sites for hydroxylation is 2. The molecule has 0 saturated carbocycles. The molecule has 240 valence electrons. The van der Waals surface area contributed by atoms with E-state index in [2.05, 4.69) is 121 Å². The fraction of sp³-hybridized carbons (Fsp3) is 0.667. The average Bonchev–Trinajstić information content (AvgIpc) is 2.86. The van der Waals surface area contributed by atoms with E-state index in [4.69, 9.17) is 27.8 Å². The molecule has 0 amide bonds. The predicted molar refractivity (Wildman–Crippen MR) is 175 cm³/mol. The number of benzene rings is 2. The third-order valence-electron chi connectivity index (χ3n) is 8.08. The molecule has 0 aromatic heterocycles. The van der Waals surface area contributed by atoms with E-state index in [0.29, 0.717) is 26.4 Å². The van der Waals surface area contributed by atoms with Gasteiger partial charge in [-0.2, -0.15) is 0 Å². The normalized spacial score (nSPS) is 23.9. The topological polar surface area (TPSA) is 55.4 Å². The summed E-state index contributed by atoms with van der Waals surface area (Å²) in [6, 6.07) is 8.87. The Balaban J connectivity index is 1.46. The lowest BCUT2D eigenvalue weighted by Crippen LogP contribution is -2.50. The van der Waals surface area contributed by atoms with Crippen molar-refractivity contribution in [3.05, 3.63) is 57.6 Å². The van der Waals surface area contributed by atoms with Crippen molar-refractivity contribution in [2.45, 2.75) is 125 Å². The van der Waals surface area contributed by atoms with Crippen LogP contribution >= 0.6 is 8.60 Å². The van der Waals surface area contributed by atoms with Crippen molar-refractivity contribution in [2.24, 2.45) is 5.41 Å². The summed E-state index contributed by atoms with van der Waals surface area (Å²) in [6.07, 6.45) is 0. The predicted octanol–water partition coefficient (Wildman–Crippen LogP) is 9.54. The molecular formula is C36H55O6P. The molecule has 2 saturated heterocycles. The van der Waals surface area contributed by atoms with Gasteiger partial charge >= 0.3 is 15.1 Å². The van der Waals surface area contributed by atoms with E-state index in [-0.39, 0.29) is 21.7 Å². The Labute approximate surface area is 262 Å². The highest BCUT2D eigenvalue weighted by atomic mass is 31.2. The lowest BCUT2D eigenvalue weighted by molar-refractivity contribution is -0.315. The molecule has 1 spiro atoms. The van der Waals surface area contributed by atoms with Crippen LogP contribution in [0.15, 0.2) is 24.3 Å². The zero-order valence-corrected chi connectivity index (χ0v) is 30.0. The van der Waals surface area contributed by atoms with Gasteiger partial charge in [-0.1, -0.05) is 118 Å². The van der Waals surface area contributed by atoms with Crippen LogP contribution in [0.5, 0.6) is 11.5 Å². The number of ether oxygens (including phenoxy) is 3. The molecule has 6 nitrogen and oxygen atoms in total. The Hall–Kier alpha value is -1.69. The SMILES string of the molecule is Cc1cc(C(C)(C)C)c(OC2OCC3(CO2)COP(Oc2c(C(C)(C)C)cc(C)cc2C(C)(C)C)OC3)c(C(C)(C)C)c1. The molecular weight excluding hydrogens is 559 g/mol. The van der Waals surface area contributed by atoms with Gasteiger partial charge in [0.25, 0.3) is 0 Å². The fourth-order valence-corrected chi connectivity index (χ4v) is 6.78. The lowest BCUT2D eigenvalue weighted by atomic mass is 9.78. The van der Waals surface area contributed by atoms with Gasteiger partial charge in [0.15, 0.2) is 0 Å². The van der Waals surface area contributed by atoms with E-state index >= 15 is 0 Å². The Morgan fingerprint density at radius 1 is 0.581 bits per heavy atom. The summed E-state index contributed by atoms with van der Waals surface area (Å²) < 4.78 is 38.0. The molecule has 2 aromatic rings. The maximum Gasteiger partial charge on any atom is 0.397 e. The van der Waals surface area contributed by atoms with Gasteiger partial charge in [0, 0.05) is 22.3 Å². The Bertz CT molecular complexity index is 1110. The van der Waals surface area contributed by atoms with Gasteiger partial charge in [0.1, 0.15) is 11.5 Å². The van der Waals surface area contributed by atoms with Crippen LogP contribution in [0, 0.1) is 19.3 Å². The first-order valence-corrected chi connectivity index (χ1v) is 16.6. The maximum atomic E-state index is 6.57. The van der Waals surface area contributed by atoms with E-state index in [0.717, 1.165) is 33.8 Å². The van der Waals surface area contributed by atoms with Gasteiger partial charge in [0.05, 0.1) is 31.8 Å². The van der Waals surface area contributed by atoms with E-state index in [1.165, 1.54) is 11.1 Å². The number of rotatable bonds is 4. The summed E-state index contributed by atoms with van der Waals surface area (Å²) in [5, 5.41) is 0. The molecule has 0 N–H and O–H groups in total. The minimum absolute atomic E-state index is 0.0923. The average molecular weight is 615 g/mol. The second-order valence-corrected chi connectivity index (χ2v) is 17.9. The summed E-state index contributed by atoms with van der Waals surface area (Å²) in [5.74, 6) is 1.72. The lowest BCUT2D eigenvalue weighted by Gasteiger charge is -2.43. The highest BCUT2D eigenvalue weighted by molar-refractivity contribution is 7.42. The Morgan fingerprint density at radius 3 is 1.28 bits per heavy atom. The van der Waals surface area contributed by atoms with Crippen molar-refractivity contribution in [2.75, 3.05) is 26.4 Å². The molecule has 0 bridgehead atoms. The summed E-state index contributed by atoms with van der Waals surface area (Å²) >= 11 is 0. The molecule has 2 heterocycles. The summed E-state index contributed by atoms with van der Waals surface area (Å²) in [4.78, 5) is 0. The van der Waals surface area contributed by atoms with Crippen LogP contribution in [0.25, 0.3) is 0 Å². The molecule has 0 radical (unpaired) electrons. The minimum atomic E-state index is -1.57. The van der Waals surface area contributed by atoms with E-state index < -0.39 is 20.5 Å². The van der Waals surface area contributed by atoms with Gasteiger partial charge < -0.3 is 27.8 Å². The van der Waals surface area contributed by atoms with Crippen LogP contribution in [0.1, 0.15) is 116 Å². The summed E-state index contributed by atoms with van der Waals surface area (Å²) in [5.41, 5.74) is 6.27. The van der Waals surface area contributed by atoms with Crippen molar-refractivity contribution in [3.8, 4) is 11.5 Å². The second kappa shape index (κ2) is 11.9. The monoisotopic (exact) mass is 614 g/mol. The zero-order valence-electron chi connectivity index (χ0n) is 29.1. The van der Waals surface area contributed by atoms with Crippen molar-refractivity contribution in [3.63, 3.8) is 0 Å². The quantitative estimate of drug-likeness (QED) is 0.320. The highest BCUT2D eigenvalue weighted by Gasteiger charge is 2.45. The summed E-state index contributed by atoms with van der Waals surface area (Å²) in [6.45, 7) is 31.7. The van der Waals surface area contributed by atoms with Crippen molar-refractivity contribution < 1.29 is 27.8 Å². The van der Waals surface area contributed by atoms with Gasteiger partial charge in [-0.15, -0.1) is 0 Å². The Kier molecular flexibility index (Phi) is 9.47. The van der Waals surface area contributed by atoms with Gasteiger partial charge in [-0.3, -0.25) is 0 Å². The third-order valence-corrected chi connectivity index (χ3v) is 9.09. The third kappa shape index (κ3) is 7.94. The standard InChI is InChI=1S/C36H55O6P/c1-23-15-25(32(3,4)5)29(26(16-23)33(6,7)8)41-31-37-19-36(20-38-31)21-39-43(40-22-36)42-30-27(34(9,10)11)17-24(2)18-28(30)35(12,13)14/h15-18,31H,19-22H2,1-14H3. The van der Waals surface area contributed by atoms with Crippen LogP contribution in [0.4, 0.5) is 0 Å². The van der Waals surface area contributed by atoms with Crippen LogP contribution in [0.2, 0.25) is 0 Å². The Morgan fingerprint density at radius 2 is 0.930 bits per heavy atom. The van der Waals surface area contributed by atoms with Crippen molar-refractivity contribution >= 4 is 8.60 Å². The van der Waals surface area contributed by atoms with E-state index in [1.807, 2.05) is 0 Å². The molecule has 7 heteroatoms. The first-order chi connectivity index (χ1) is 19.6. The molecule has 0 atom stereocenters. The van der Waals surface area contributed by atoms with Crippen LogP contribution in [-0.2, 0) is 40.2 Å². The molecule has 2 fully saturated rings. The molecule has 2 aromatic carbocycles. The van der Waals surface area contributed by atoms with Gasteiger partial charge in [-0.05, 0) is 35.5 Å². The van der Waals surface area contributed by atoms with Gasteiger partial charge in [-0.25, -0.2) is 0 Å². The highest BCUT2D eigenvalue weighted by Crippen LogP contribution is 2.52. The molecule has 4 rings (SSSR count). The van der Waals surface area contributed by atoms with Crippen molar-refractivity contribution in [1.82, 2.24) is 0 Å². The zero-order chi connectivity index (χ0) is 32.2. The fourth-order valence-electron chi connectivity index (χ4n) is 5.50. The molecule has 0 unspecified atom stereocenters. The van der Waals surface area contributed by atoms with Gasteiger partial charge in [0.2, 0.25) is 0 Å². The van der Waals surface area contributed by atoms with Crippen LogP contribution in [-0.4, -0.2) is 32.9 Å². The van der Waals surface area contributed by atoms with Crippen LogP contribution in [0.3, 0.4) is 0 Å². The smallest absolute Gasteiger partial charge is 0.397 e. The number of hydrogen-bond donors (Lipinski definition) is 0. The van der Waals surface area contributed by atoms with E-state index in [9.17, 15) is 0 Å². The first kappa shape index (κ1) is 34.2. The molecule has 2 aliphatic heterocycles. The van der Waals surface area contributed by atoms with Crippen molar-refractivity contribution in [1.29, 1.82) is 0 Å². The second-order valence-electron chi connectivity index (χ2n) is 16.8. The molecule has 0 aliphatic carbocycles. The van der Waals surface area contributed by atoms with Crippen LogP contribution < -0.4 is 9.26 Å². The molecule has 2 aliphatic rings. The largest absolute Gasteiger partial charge is 0.441 e. The maximum absolute atomic E-state index is 6.57. The molecule has 43 heavy (non-hydrogen) atoms. The summed E-state index contributed by atoms with van der Waals surface area (Å²) in [7, 11) is -1.57. The number of hydrogen-bond acceptors (Lipinski definition) is 6.